The van der Waals surface area contributed by atoms with Crippen LogP contribution in [0.25, 0.3) is 5.69 Å². The molecule has 0 fully saturated rings. The van der Waals surface area contributed by atoms with Crippen LogP contribution in [0.15, 0.2) is 65.6 Å². The van der Waals surface area contributed by atoms with Crippen molar-refractivity contribution in [2.75, 3.05) is 0 Å². The lowest BCUT2D eigenvalue weighted by Gasteiger charge is -2.03. The highest BCUT2D eigenvalue weighted by molar-refractivity contribution is 6.30. The first-order chi connectivity index (χ1) is 11.1. The molecule has 6 heteroatoms. The number of carbonyl (C=O) groups is 1. The van der Waals surface area contributed by atoms with Gasteiger partial charge in [0.15, 0.2) is 0 Å². The summed E-state index contributed by atoms with van der Waals surface area (Å²) in [5.41, 5.74) is 1.24. The number of nitrogens with zero attached hydrogens (tertiary/aromatic N) is 1. The molecule has 0 saturated heterocycles. The van der Waals surface area contributed by atoms with Gasteiger partial charge in [0, 0.05) is 17.8 Å². The van der Waals surface area contributed by atoms with Crippen molar-refractivity contribution in [1.29, 1.82) is 0 Å². The van der Waals surface area contributed by atoms with Gasteiger partial charge >= 0.3 is 0 Å². The minimum Gasteiger partial charge on any atom is -0.348 e. The van der Waals surface area contributed by atoms with Crippen molar-refractivity contribution >= 4 is 17.5 Å². The number of nitrogens with one attached hydrogen (secondary N) is 2. The van der Waals surface area contributed by atoms with Gasteiger partial charge in [-0.1, -0.05) is 41.9 Å². The van der Waals surface area contributed by atoms with Gasteiger partial charge < -0.3 is 5.32 Å². The maximum atomic E-state index is 12.3. The monoisotopic (exact) mass is 327 g/mol. The maximum absolute atomic E-state index is 12.3. The molecule has 0 saturated carbocycles. The Hall–Kier alpha value is -2.79. The maximum Gasteiger partial charge on any atom is 0.284 e. The molecule has 0 aliphatic heterocycles. The van der Waals surface area contributed by atoms with E-state index in [9.17, 15) is 9.59 Å². The third-order valence-electron chi connectivity index (χ3n) is 3.40. The largest absolute Gasteiger partial charge is 0.348 e. The molecule has 116 valence electrons. The summed E-state index contributed by atoms with van der Waals surface area (Å²) in [6, 6.07) is 16.3. The average Bonchev–Trinajstić information content (AvgIpc) is 2.96. The second kappa shape index (κ2) is 6.54. The Morgan fingerprint density at radius 3 is 2.48 bits per heavy atom. The van der Waals surface area contributed by atoms with Crippen molar-refractivity contribution in [1.82, 2.24) is 15.1 Å². The number of benzene rings is 2. The zero-order valence-corrected chi connectivity index (χ0v) is 12.9. The number of rotatable bonds is 4. The van der Waals surface area contributed by atoms with Crippen molar-refractivity contribution < 1.29 is 4.79 Å². The van der Waals surface area contributed by atoms with Crippen LogP contribution in [0, 0.1) is 0 Å². The minimum atomic E-state index is -0.414. The Morgan fingerprint density at radius 2 is 1.78 bits per heavy atom. The van der Waals surface area contributed by atoms with Gasteiger partial charge in [-0.3, -0.25) is 14.7 Å². The fraction of sp³-hybridized carbons (Fsp3) is 0.0588. The summed E-state index contributed by atoms with van der Waals surface area (Å²) < 4.78 is 1.30. The van der Waals surface area contributed by atoms with E-state index in [1.54, 1.807) is 24.3 Å². The van der Waals surface area contributed by atoms with Gasteiger partial charge in [0.2, 0.25) is 0 Å². The van der Waals surface area contributed by atoms with Crippen LogP contribution in [0.2, 0.25) is 5.02 Å². The van der Waals surface area contributed by atoms with Crippen LogP contribution in [0.1, 0.15) is 15.9 Å². The Balaban J connectivity index is 1.77. The van der Waals surface area contributed by atoms with Crippen LogP contribution in [0.4, 0.5) is 0 Å². The molecule has 2 aromatic carbocycles. The quantitative estimate of drug-likeness (QED) is 0.773. The Kier molecular flexibility index (Phi) is 4.30. The van der Waals surface area contributed by atoms with Gasteiger partial charge in [0.1, 0.15) is 5.56 Å². The summed E-state index contributed by atoms with van der Waals surface area (Å²) in [6.07, 6.45) is 1.40. The highest BCUT2D eigenvalue weighted by atomic mass is 35.5. The van der Waals surface area contributed by atoms with Gasteiger partial charge in [-0.05, 0) is 29.8 Å². The zero-order chi connectivity index (χ0) is 16.2. The Labute approximate surface area is 137 Å². The topological polar surface area (TPSA) is 66.9 Å². The van der Waals surface area contributed by atoms with Gasteiger partial charge in [0.05, 0.1) is 5.69 Å². The fourth-order valence-corrected chi connectivity index (χ4v) is 2.31. The fourth-order valence-electron chi connectivity index (χ4n) is 2.19. The van der Waals surface area contributed by atoms with Crippen LogP contribution in [0.3, 0.4) is 0 Å². The van der Waals surface area contributed by atoms with Crippen LogP contribution < -0.4 is 10.9 Å². The lowest BCUT2D eigenvalue weighted by Crippen LogP contribution is -2.29. The van der Waals surface area contributed by atoms with E-state index in [4.69, 9.17) is 11.6 Å². The van der Waals surface area contributed by atoms with Gasteiger partial charge in [-0.2, -0.15) is 0 Å². The highest BCUT2D eigenvalue weighted by Gasteiger charge is 2.15. The SMILES string of the molecule is O=C(NCc1ccccc1)c1c[nH]n(-c2ccc(Cl)cc2)c1=O. The summed E-state index contributed by atoms with van der Waals surface area (Å²) in [5, 5.41) is 6.10. The van der Waals surface area contributed by atoms with E-state index >= 15 is 0 Å². The van der Waals surface area contributed by atoms with Gasteiger partial charge in [-0.15, -0.1) is 0 Å². The number of amides is 1. The Bertz CT molecular complexity index is 867. The molecule has 23 heavy (non-hydrogen) atoms. The summed E-state index contributed by atoms with van der Waals surface area (Å²) in [7, 11) is 0. The number of aromatic nitrogens is 2. The molecule has 0 atom stereocenters. The molecule has 0 aliphatic carbocycles. The van der Waals surface area contributed by atoms with Crippen molar-refractivity contribution in [3.8, 4) is 5.69 Å². The molecule has 1 amide bonds. The number of aromatic amines is 1. The molecule has 0 unspecified atom stereocenters. The summed E-state index contributed by atoms with van der Waals surface area (Å²) >= 11 is 5.83. The van der Waals surface area contributed by atoms with Crippen molar-refractivity contribution in [2.45, 2.75) is 6.54 Å². The summed E-state index contributed by atoms with van der Waals surface area (Å²) in [6.45, 7) is 0.366. The molecule has 1 aromatic heterocycles. The van der Waals surface area contributed by atoms with E-state index in [-0.39, 0.29) is 5.56 Å². The van der Waals surface area contributed by atoms with Crippen LogP contribution in [-0.4, -0.2) is 15.7 Å². The molecular weight excluding hydrogens is 314 g/mol. The third-order valence-corrected chi connectivity index (χ3v) is 3.65. The van der Waals surface area contributed by atoms with Gasteiger partial charge in [0.25, 0.3) is 11.5 Å². The molecule has 0 radical (unpaired) electrons. The molecule has 5 nitrogen and oxygen atoms in total. The first-order valence-electron chi connectivity index (χ1n) is 7.03. The standard InChI is InChI=1S/C17H14ClN3O2/c18-13-6-8-14(9-7-13)21-17(23)15(11-20-21)16(22)19-10-12-4-2-1-3-5-12/h1-9,11,20H,10H2,(H,19,22). The molecule has 1 heterocycles. The second-order valence-corrected chi connectivity index (χ2v) is 5.41. The van der Waals surface area contributed by atoms with E-state index in [0.717, 1.165) is 5.56 Å². The number of hydrogen-bond donors (Lipinski definition) is 2. The van der Waals surface area contributed by atoms with Crippen LogP contribution in [0.5, 0.6) is 0 Å². The molecular formula is C17H14ClN3O2. The van der Waals surface area contributed by atoms with Crippen LogP contribution >= 0.6 is 11.6 Å². The zero-order valence-electron chi connectivity index (χ0n) is 12.1. The first kappa shape index (κ1) is 15.1. The van der Waals surface area contributed by atoms with E-state index in [2.05, 4.69) is 10.4 Å². The van der Waals surface area contributed by atoms with E-state index in [1.165, 1.54) is 10.9 Å². The normalized spacial score (nSPS) is 10.5. The first-order valence-corrected chi connectivity index (χ1v) is 7.41. The lowest BCUT2D eigenvalue weighted by molar-refractivity contribution is 0.0950. The van der Waals surface area contributed by atoms with Gasteiger partial charge in [-0.25, -0.2) is 4.68 Å². The molecule has 0 spiro atoms. The van der Waals surface area contributed by atoms with Crippen LogP contribution in [-0.2, 0) is 6.54 Å². The van der Waals surface area contributed by atoms with Crippen molar-refractivity contribution in [3.05, 3.63) is 87.3 Å². The predicted molar refractivity (Wildman–Crippen MR) is 89.0 cm³/mol. The molecule has 0 aliphatic rings. The van der Waals surface area contributed by atoms with E-state index in [1.807, 2.05) is 30.3 Å². The summed E-state index contributed by atoms with van der Waals surface area (Å²) in [5.74, 6) is -0.414. The number of carbonyl (C=O) groups excluding carboxylic acids is 1. The van der Waals surface area contributed by atoms with Crippen molar-refractivity contribution in [2.24, 2.45) is 0 Å². The second-order valence-electron chi connectivity index (χ2n) is 4.97. The molecule has 2 N–H and O–H groups in total. The molecule has 3 aromatic rings. The predicted octanol–water partition coefficient (Wildman–Crippen LogP) is 2.75. The summed E-state index contributed by atoms with van der Waals surface area (Å²) in [4.78, 5) is 24.5. The van der Waals surface area contributed by atoms with E-state index in [0.29, 0.717) is 17.3 Å². The number of hydrogen-bond acceptors (Lipinski definition) is 2. The smallest absolute Gasteiger partial charge is 0.284 e. The van der Waals surface area contributed by atoms with E-state index < -0.39 is 11.5 Å². The molecule has 0 bridgehead atoms. The minimum absolute atomic E-state index is 0.0656. The van der Waals surface area contributed by atoms with Crippen molar-refractivity contribution in [3.63, 3.8) is 0 Å². The number of halogens is 1. The molecule has 3 rings (SSSR count). The lowest BCUT2D eigenvalue weighted by atomic mass is 10.2. The highest BCUT2D eigenvalue weighted by Crippen LogP contribution is 2.11. The number of H-pyrrole nitrogens is 1. The average molecular weight is 328 g/mol. The third kappa shape index (κ3) is 3.35. The Morgan fingerprint density at radius 1 is 1.09 bits per heavy atom.